The van der Waals surface area contributed by atoms with Crippen molar-refractivity contribution in [2.45, 2.75) is 18.6 Å². The van der Waals surface area contributed by atoms with Crippen LogP contribution in [-0.2, 0) is 31.1 Å². The number of ether oxygens (including phenoxy) is 2. The number of carbonyl (C=O) groups excluding carboxylic acids is 2. The SMILES string of the molecule is NC[C@H]1CN(c2ccc(N3CCS(=O)CC3)cc2)C(=O)O1.O=C1O[C@@H](CNC(=S)C(F)F)CN1c1ccc(N2CCS(=O)CC2)cc1. The number of anilines is 4. The summed E-state index contributed by atoms with van der Waals surface area (Å²) >= 11 is 4.51. The molecule has 4 fully saturated rings. The van der Waals surface area contributed by atoms with Crippen LogP contribution in [0.5, 0.6) is 0 Å². The molecule has 4 aliphatic rings. The molecule has 3 N–H and O–H groups in total. The Balaban J connectivity index is 0.000000189. The second-order valence-corrected chi connectivity index (χ2v) is 15.0. The topological polar surface area (TPSA) is 138 Å². The number of rotatable bonds is 8. The predicted molar refractivity (Wildman–Crippen MR) is 184 cm³/mol. The monoisotopic (exact) mass is 712 g/mol. The van der Waals surface area contributed by atoms with Crippen molar-refractivity contribution in [3.63, 3.8) is 0 Å². The Bertz CT molecular complexity index is 1450. The Morgan fingerprint density at radius 2 is 1.15 bits per heavy atom. The summed E-state index contributed by atoms with van der Waals surface area (Å²) in [7, 11) is -1.41. The summed E-state index contributed by atoms with van der Waals surface area (Å²) < 4.78 is 57.9. The van der Waals surface area contributed by atoms with Gasteiger partial charge in [-0.3, -0.25) is 18.2 Å². The van der Waals surface area contributed by atoms with Gasteiger partial charge in [0.1, 0.15) is 17.2 Å². The van der Waals surface area contributed by atoms with E-state index in [1.807, 2.05) is 48.5 Å². The van der Waals surface area contributed by atoms with E-state index in [0.29, 0.717) is 30.3 Å². The van der Waals surface area contributed by atoms with E-state index in [2.05, 4.69) is 27.3 Å². The average Bonchev–Trinajstić information content (AvgIpc) is 3.66. The van der Waals surface area contributed by atoms with Gasteiger partial charge in [0.2, 0.25) is 0 Å². The van der Waals surface area contributed by atoms with Crippen LogP contribution in [0.1, 0.15) is 0 Å². The van der Waals surface area contributed by atoms with Gasteiger partial charge >= 0.3 is 12.2 Å². The molecule has 0 aliphatic carbocycles. The van der Waals surface area contributed by atoms with E-state index in [4.69, 9.17) is 15.2 Å². The number of nitrogens with two attached hydrogens (primary N) is 1. The maximum Gasteiger partial charge on any atom is 0.414 e. The number of benzene rings is 2. The summed E-state index contributed by atoms with van der Waals surface area (Å²) in [6, 6.07) is 15.3. The molecule has 17 heteroatoms. The maximum absolute atomic E-state index is 12.4. The molecule has 0 aromatic heterocycles. The lowest BCUT2D eigenvalue weighted by Crippen LogP contribution is -2.37. The van der Waals surface area contributed by atoms with Gasteiger partial charge in [-0.05, 0) is 48.5 Å². The summed E-state index contributed by atoms with van der Waals surface area (Å²) in [4.78, 5) is 30.7. The number of alkyl halides is 2. The van der Waals surface area contributed by atoms with Crippen molar-refractivity contribution in [3.05, 3.63) is 48.5 Å². The highest BCUT2D eigenvalue weighted by Gasteiger charge is 2.33. The van der Waals surface area contributed by atoms with Gasteiger partial charge in [-0.1, -0.05) is 12.2 Å². The molecule has 4 heterocycles. The Kier molecular flexibility index (Phi) is 12.0. The number of nitrogens with one attached hydrogen (secondary N) is 1. The first kappa shape index (κ1) is 34.9. The van der Waals surface area contributed by atoms with Crippen molar-refractivity contribution < 1.29 is 36.3 Å². The van der Waals surface area contributed by atoms with E-state index in [0.717, 1.165) is 54.7 Å². The summed E-state index contributed by atoms with van der Waals surface area (Å²) in [5.41, 5.74) is 9.14. The van der Waals surface area contributed by atoms with E-state index in [1.165, 1.54) is 4.90 Å². The summed E-state index contributed by atoms with van der Waals surface area (Å²) in [5, 5.41) is 2.42. The van der Waals surface area contributed by atoms with Crippen molar-refractivity contribution in [2.24, 2.45) is 5.73 Å². The standard InChI is InChI=1S/C16H19F2N3O3S2.C14H19N3O3S/c17-14(18)15(25)19-9-13-10-21(16(22)24-13)12-3-1-11(2-4-12)20-5-7-26(23)8-6-20;15-9-13-10-17(14(18)20-13)12-3-1-11(2-4-12)16-5-7-21(19)8-6-16/h1-4,13-14H,5-10H2,(H,19,25);1-4,13H,5-10,15H2/t2*13-/m00/s1. The van der Waals surface area contributed by atoms with Gasteiger partial charge in [0.05, 0.1) is 19.6 Å². The van der Waals surface area contributed by atoms with Crippen molar-refractivity contribution in [2.75, 3.05) is 95.0 Å². The summed E-state index contributed by atoms with van der Waals surface area (Å²) in [6.45, 7) is 4.27. The summed E-state index contributed by atoms with van der Waals surface area (Å²) in [6.07, 6.45) is -4.35. The molecule has 2 amide bonds. The van der Waals surface area contributed by atoms with Gasteiger partial charge in [0.15, 0.2) is 0 Å². The summed E-state index contributed by atoms with van der Waals surface area (Å²) in [5.74, 6) is 2.77. The normalized spacial score (nSPS) is 22.2. The Morgan fingerprint density at radius 1 is 0.766 bits per heavy atom. The van der Waals surface area contributed by atoms with Crippen LogP contribution in [0.4, 0.5) is 41.1 Å². The largest absolute Gasteiger partial charge is 0.443 e. The molecule has 6 rings (SSSR count). The first-order chi connectivity index (χ1) is 22.6. The van der Waals surface area contributed by atoms with Gasteiger partial charge in [-0.25, -0.2) is 18.4 Å². The molecule has 12 nitrogen and oxygen atoms in total. The van der Waals surface area contributed by atoms with Crippen LogP contribution in [0.25, 0.3) is 0 Å². The van der Waals surface area contributed by atoms with Gasteiger partial charge in [0.25, 0.3) is 6.43 Å². The number of nitrogens with zero attached hydrogens (tertiary/aromatic N) is 4. The molecule has 0 unspecified atom stereocenters. The fourth-order valence-corrected chi connectivity index (χ4v) is 7.65. The van der Waals surface area contributed by atoms with Crippen LogP contribution in [0.2, 0.25) is 0 Å². The number of carbonyl (C=O) groups is 2. The number of hydrogen-bond donors (Lipinski definition) is 2. The first-order valence-electron chi connectivity index (χ1n) is 15.2. The van der Waals surface area contributed by atoms with Crippen LogP contribution in [0.15, 0.2) is 48.5 Å². The average molecular weight is 713 g/mol. The highest BCUT2D eigenvalue weighted by Crippen LogP contribution is 2.27. The van der Waals surface area contributed by atoms with E-state index in [9.17, 15) is 26.8 Å². The number of hydrogen-bond acceptors (Lipinski definition) is 10. The van der Waals surface area contributed by atoms with Crippen LogP contribution >= 0.6 is 12.2 Å². The quantitative estimate of drug-likeness (QED) is 0.390. The van der Waals surface area contributed by atoms with Crippen LogP contribution in [0.3, 0.4) is 0 Å². The zero-order valence-electron chi connectivity index (χ0n) is 25.6. The second-order valence-electron chi connectivity index (χ2n) is 11.2. The highest BCUT2D eigenvalue weighted by molar-refractivity contribution is 7.85. The van der Waals surface area contributed by atoms with Crippen LogP contribution in [-0.4, -0.2) is 120 Å². The molecule has 0 saturated carbocycles. The van der Waals surface area contributed by atoms with Crippen molar-refractivity contribution in [3.8, 4) is 0 Å². The number of cyclic esters (lactones) is 2. The third-order valence-corrected chi connectivity index (χ3v) is 11.0. The second kappa shape index (κ2) is 16.1. The molecule has 4 aliphatic heterocycles. The zero-order chi connectivity index (χ0) is 33.5. The molecule has 2 aromatic carbocycles. The number of thiocarbonyl (C=S) groups is 1. The molecule has 0 radical (unpaired) electrons. The molecule has 2 atom stereocenters. The smallest absolute Gasteiger partial charge is 0.414 e. The van der Waals surface area contributed by atoms with E-state index < -0.39 is 45.2 Å². The fourth-order valence-electron chi connectivity index (χ4n) is 5.46. The molecule has 256 valence electrons. The van der Waals surface area contributed by atoms with Crippen molar-refractivity contribution >= 4 is 73.7 Å². The Morgan fingerprint density at radius 3 is 1.53 bits per heavy atom. The van der Waals surface area contributed by atoms with E-state index >= 15 is 0 Å². The van der Waals surface area contributed by atoms with Crippen LogP contribution in [0, 0.1) is 0 Å². The van der Waals surface area contributed by atoms with Gasteiger partial charge < -0.3 is 30.3 Å². The maximum atomic E-state index is 12.4. The van der Waals surface area contributed by atoms with E-state index in [-0.39, 0.29) is 25.3 Å². The van der Waals surface area contributed by atoms with Gasteiger partial charge in [-0.15, -0.1) is 0 Å². The highest BCUT2D eigenvalue weighted by atomic mass is 32.2. The minimum absolute atomic E-state index is 0.0500. The number of amides is 2. The van der Waals surface area contributed by atoms with Crippen molar-refractivity contribution in [1.82, 2.24) is 5.32 Å². The van der Waals surface area contributed by atoms with E-state index in [1.54, 1.807) is 4.90 Å². The lowest BCUT2D eigenvalue weighted by molar-refractivity contribution is 0.141. The van der Waals surface area contributed by atoms with Crippen molar-refractivity contribution in [1.29, 1.82) is 0 Å². The third-order valence-electron chi connectivity index (χ3n) is 8.12. The third kappa shape index (κ3) is 9.15. The fraction of sp³-hybridized carbons (Fsp3) is 0.500. The zero-order valence-corrected chi connectivity index (χ0v) is 28.1. The lowest BCUT2D eigenvalue weighted by atomic mass is 10.2. The molecular weight excluding hydrogens is 675 g/mol. The molecule has 47 heavy (non-hydrogen) atoms. The first-order valence-corrected chi connectivity index (χ1v) is 18.6. The molecular formula is C30H38F2N6O6S3. The Hall–Kier alpha value is -3.41. The molecule has 4 saturated heterocycles. The van der Waals surface area contributed by atoms with Gasteiger partial charge in [0, 0.05) is 100 Å². The number of halogens is 2. The molecule has 0 bridgehead atoms. The minimum Gasteiger partial charge on any atom is -0.443 e. The van der Waals surface area contributed by atoms with Gasteiger partial charge in [-0.2, -0.15) is 0 Å². The van der Waals surface area contributed by atoms with Crippen LogP contribution < -0.4 is 30.7 Å². The molecule has 2 aromatic rings. The molecule has 0 spiro atoms. The Labute approximate surface area is 282 Å². The minimum atomic E-state index is -2.72. The predicted octanol–water partition coefficient (Wildman–Crippen LogP) is 2.30. The lowest BCUT2D eigenvalue weighted by Gasteiger charge is -2.28.